The van der Waals surface area contributed by atoms with Gasteiger partial charge in [0.25, 0.3) is 0 Å². The van der Waals surface area contributed by atoms with E-state index in [9.17, 15) is 9.69 Å². The number of hydrogen-bond donors (Lipinski definition) is 1. The van der Waals surface area contributed by atoms with Crippen LogP contribution in [0.25, 0.3) is 0 Å². The molecular weight excluding hydrogens is 461 g/mol. The molecule has 0 saturated heterocycles. The third-order valence-corrected chi connectivity index (χ3v) is 6.98. The molecule has 0 heterocycles. The molecule has 6 nitrogen and oxygen atoms in total. The average molecular weight is 520 g/mol. The van der Waals surface area contributed by atoms with Crippen molar-refractivity contribution >= 4 is 14.4 Å². The summed E-state index contributed by atoms with van der Waals surface area (Å²) < 4.78 is 16.7. The van der Waals surface area contributed by atoms with Crippen LogP contribution in [0.2, 0.25) is 0 Å². The Kier molecular flexibility index (Phi) is 26.9. The van der Waals surface area contributed by atoms with Crippen molar-refractivity contribution in [2.75, 3.05) is 47.1 Å². The highest BCUT2D eigenvalue weighted by molar-refractivity contribution is 7.40. The Morgan fingerprint density at radius 2 is 1.29 bits per heavy atom. The molecule has 210 valence electrons. The van der Waals surface area contributed by atoms with Crippen molar-refractivity contribution in [1.82, 2.24) is 4.90 Å². The minimum atomic E-state index is -1.91. The fourth-order valence-corrected chi connectivity index (χ4v) is 4.68. The van der Waals surface area contributed by atoms with E-state index in [-0.39, 0.29) is 11.7 Å². The molecule has 0 aliphatic heterocycles. The summed E-state index contributed by atoms with van der Waals surface area (Å²) in [6.45, 7) is 6.95. The first kappa shape index (κ1) is 34.9. The Labute approximate surface area is 218 Å². The Morgan fingerprint density at radius 1 is 0.743 bits per heavy atom. The SMILES string of the molecule is CCCCCCCCCCCCCCCCOCC(COP(O)OCCN(C)C)CC(=O)CCC. The number of nitrogens with zero attached hydrogens (tertiary/aromatic N) is 1. The second-order valence-electron chi connectivity index (χ2n) is 10.2. The first-order valence-electron chi connectivity index (χ1n) is 14.5. The summed E-state index contributed by atoms with van der Waals surface area (Å²) in [7, 11) is 2.00. The molecule has 35 heavy (non-hydrogen) atoms. The first-order valence-corrected chi connectivity index (χ1v) is 15.6. The van der Waals surface area contributed by atoms with Crippen molar-refractivity contribution in [2.45, 2.75) is 123 Å². The van der Waals surface area contributed by atoms with Gasteiger partial charge in [-0.15, -0.1) is 0 Å². The molecule has 1 N–H and O–H groups in total. The van der Waals surface area contributed by atoms with Crippen molar-refractivity contribution in [3.63, 3.8) is 0 Å². The topological polar surface area (TPSA) is 68.2 Å². The number of rotatable bonds is 28. The van der Waals surface area contributed by atoms with Crippen molar-refractivity contribution in [2.24, 2.45) is 5.92 Å². The summed E-state index contributed by atoms with van der Waals surface area (Å²) in [6, 6.07) is 0. The highest BCUT2D eigenvalue weighted by atomic mass is 31.2. The summed E-state index contributed by atoms with van der Waals surface area (Å²) in [5, 5.41) is 0. The van der Waals surface area contributed by atoms with E-state index < -0.39 is 8.60 Å². The highest BCUT2D eigenvalue weighted by Gasteiger charge is 2.17. The van der Waals surface area contributed by atoms with Gasteiger partial charge < -0.3 is 23.6 Å². The Morgan fingerprint density at radius 3 is 1.80 bits per heavy atom. The molecule has 0 rings (SSSR count). The molecule has 0 radical (unpaired) electrons. The Hall–Kier alpha value is -0.100. The second-order valence-corrected chi connectivity index (χ2v) is 11.2. The summed E-state index contributed by atoms with van der Waals surface area (Å²) >= 11 is 0. The molecule has 0 aromatic carbocycles. The number of ketones is 1. The average Bonchev–Trinajstić information content (AvgIpc) is 2.82. The van der Waals surface area contributed by atoms with Crippen LogP contribution in [0.4, 0.5) is 0 Å². The van der Waals surface area contributed by atoms with E-state index >= 15 is 0 Å². The number of carbonyl (C=O) groups excluding carboxylic acids is 1. The van der Waals surface area contributed by atoms with Crippen molar-refractivity contribution in [3.8, 4) is 0 Å². The van der Waals surface area contributed by atoms with Crippen LogP contribution in [-0.2, 0) is 18.6 Å². The Bertz CT molecular complexity index is 453. The van der Waals surface area contributed by atoms with E-state index in [0.717, 1.165) is 26.0 Å². The fraction of sp³-hybridized carbons (Fsp3) is 0.964. The predicted molar refractivity (Wildman–Crippen MR) is 149 cm³/mol. The molecule has 0 aromatic rings. The van der Waals surface area contributed by atoms with Crippen LogP contribution in [0.1, 0.15) is 123 Å². The van der Waals surface area contributed by atoms with Crippen LogP contribution in [0.15, 0.2) is 0 Å². The van der Waals surface area contributed by atoms with E-state index in [4.69, 9.17) is 13.8 Å². The monoisotopic (exact) mass is 519 g/mol. The molecule has 2 unspecified atom stereocenters. The molecule has 0 aliphatic carbocycles. The lowest BCUT2D eigenvalue weighted by atomic mass is 10.0. The van der Waals surface area contributed by atoms with Gasteiger partial charge in [-0.1, -0.05) is 97.3 Å². The van der Waals surface area contributed by atoms with Gasteiger partial charge in [-0.3, -0.25) is 4.79 Å². The van der Waals surface area contributed by atoms with Crippen LogP contribution >= 0.6 is 8.60 Å². The smallest absolute Gasteiger partial charge is 0.329 e. The van der Waals surface area contributed by atoms with Gasteiger partial charge in [0.1, 0.15) is 5.78 Å². The van der Waals surface area contributed by atoms with Gasteiger partial charge in [-0.25, -0.2) is 0 Å². The Balaban J connectivity index is 3.76. The zero-order valence-electron chi connectivity index (χ0n) is 23.6. The number of Topliss-reactive ketones (excluding diaryl/α,β-unsaturated/α-hetero) is 1. The van der Waals surface area contributed by atoms with E-state index in [0.29, 0.717) is 32.7 Å². The maximum Gasteiger partial charge on any atom is 0.329 e. The summed E-state index contributed by atoms with van der Waals surface area (Å²) in [5.41, 5.74) is 0. The summed E-state index contributed by atoms with van der Waals surface area (Å²) in [5.74, 6) is 0.201. The summed E-state index contributed by atoms with van der Waals surface area (Å²) in [6.07, 6.45) is 20.7. The molecule has 0 fully saturated rings. The minimum absolute atomic E-state index is 0.0321. The third kappa shape index (κ3) is 26.8. The third-order valence-electron chi connectivity index (χ3n) is 6.20. The molecular formula is C28H58NO5P. The van der Waals surface area contributed by atoms with Crippen LogP contribution in [0, 0.1) is 5.92 Å². The van der Waals surface area contributed by atoms with Crippen molar-refractivity contribution in [1.29, 1.82) is 0 Å². The predicted octanol–water partition coefficient (Wildman–Crippen LogP) is 7.67. The van der Waals surface area contributed by atoms with Crippen LogP contribution in [-0.4, -0.2) is 62.6 Å². The molecule has 0 aliphatic rings. The standard InChI is InChI=1S/C28H58NO5P/c1-5-7-8-9-10-11-12-13-14-15-16-17-18-19-22-32-25-27(24-28(30)20-6-2)26-34-35(31)33-23-21-29(3)4/h27,31H,5-26H2,1-4H3. The fourth-order valence-electron chi connectivity index (χ4n) is 4.03. The number of unbranched alkanes of at least 4 members (excludes halogenated alkanes) is 13. The van der Waals surface area contributed by atoms with E-state index in [1.807, 2.05) is 25.9 Å². The summed E-state index contributed by atoms with van der Waals surface area (Å²) in [4.78, 5) is 24.0. The number of likely N-dealkylation sites (N-methyl/N-ethyl adjacent to an activating group) is 1. The van der Waals surface area contributed by atoms with Crippen LogP contribution in [0.5, 0.6) is 0 Å². The normalized spacial score (nSPS) is 13.4. The van der Waals surface area contributed by atoms with Crippen molar-refractivity contribution < 1.29 is 23.5 Å². The lowest BCUT2D eigenvalue weighted by Gasteiger charge is -2.19. The van der Waals surface area contributed by atoms with Gasteiger partial charge in [0.2, 0.25) is 0 Å². The van der Waals surface area contributed by atoms with Crippen LogP contribution in [0.3, 0.4) is 0 Å². The van der Waals surface area contributed by atoms with E-state index in [1.165, 1.54) is 83.5 Å². The maximum absolute atomic E-state index is 12.1. The number of hydrogen-bond acceptors (Lipinski definition) is 6. The first-order chi connectivity index (χ1) is 17.0. The van der Waals surface area contributed by atoms with Gasteiger partial charge in [-0.2, -0.15) is 0 Å². The maximum atomic E-state index is 12.1. The number of ether oxygens (including phenoxy) is 1. The number of carbonyl (C=O) groups is 1. The zero-order valence-corrected chi connectivity index (χ0v) is 24.5. The molecule has 0 saturated carbocycles. The molecule has 0 amide bonds. The van der Waals surface area contributed by atoms with Crippen molar-refractivity contribution in [3.05, 3.63) is 0 Å². The largest absolute Gasteiger partial charge is 0.381 e. The lowest BCUT2D eigenvalue weighted by Crippen LogP contribution is -2.20. The highest BCUT2D eigenvalue weighted by Crippen LogP contribution is 2.33. The second kappa shape index (κ2) is 26.9. The molecule has 2 atom stereocenters. The van der Waals surface area contributed by atoms with Crippen LogP contribution < -0.4 is 0 Å². The lowest BCUT2D eigenvalue weighted by molar-refractivity contribution is -0.120. The van der Waals surface area contributed by atoms with E-state index in [2.05, 4.69) is 6.92 Å². The molecule has 0 spiro atoms. The molecule has 0 bridgehead atoms. The van der Waals surface area contributed by atoms with Gasteiger partial charge in [0.05, 0.1) is 19.8 Å². The van der Waals surface area contributed by atoms with Gasteiger partial charge in [0.15, 0.2) is 0 Å². The quantitative estimate of drug-likeness (QED) is 0.0845. The van der Waals surface area contributed by atoms with Gasteiger partial charge in [-0.05, 0) is 26.9 Å². The van der Waals surface area contributed by atoms with E-state index in [1.54, 1.807) is 0 Å². The minimum Gasteiger partial charge on any atom is -0.381 e. The zero-order chi connectivity index (χ0) is 26.0. The molecule has 7 heteroatoms. The van der Waals surface area contributed by atoms with Gasteiger partial charge >= 0.3 is 8.60 Å². The van der Waals surface area contributed by atoms with Gasteiger partial charge in [0, 0.05) is 31.9 Å². The molecule has 0 aromatic heterocycles.